The van der Waals surface area contributed by atoms with Crippen molar-refractivity contribution >= 4 is 27.7 Å². The number of carbonyl (C=O) groups excluding carboxylic acids is 2. The highest BCUT2D eigenvalue weighted by molar-refractivity contribution is 9.10. The third-order valence-electron chi connectivity index (χ3n) is 7.67. The molecule has 8 heteroatoms. The number of hydrogen-bond donors (Lipinski definition) is 1. The molecular formula is C33H31BrFNO5. The molecule has 5 rings (SSSR count). The molecule has 2 aliphatic rings. The maximum atomic E-state index is 14.2. The lowest BCUT2D eigenvalue weighted by Gasteiger charge is -2.37. The van der Waals surface area contributed by atoms with Crippen LogP contribution in [0.1, 0.15) is 48.3 Å². The first kappa shape index (κ1) is 28.6. The Hall–Kier alpha value is -3.91. The van der Waals surface area contributed by atoms with E-state index in [1.54, 1.807) is 26.4 Å². The molecular weight excluding hydrogens is 589 g/mol. The first-order chi connectivity index (χ1) is 19.8. The van der Waals surface area contributed by atoms with Crippen LogP contribution in [0.4, 0.5) is 4.39 Å². The molecule has 212 valence electrons. The van der Waals surface area contributed by atoms with Crippen molar-refractivity contribution in [1.82, 2.24) is 5.32 Å². The fourth-order valence-corrected chi connectivity index (χ4v) is 6.06. The summed E-state index contributed by atoms with van der Waals surface area (Å²) in [5.74, 6) is -0.575. The fraction of sp³-hybridized carbons (Fsp3) is 0.273. The van der Waals surface area contributed by atoms with E-state index in [1.807, 2.05) is 55.5 Å². The number of hydrogen-bond acceptors (Lipinski definition) is 6. The highest BCUT2D eigenvalue weighted by atomic mass is 79.9. The average molecular weight is 621 g/mol. The predicted molar refractivity (Wildman–Crippen MR) is 157 cm³/mol. The lowest BCUT2D eigenvalue weighted by atomic mass is 9.71. The van der Waals surface area contributed by atoms with Gasteiger partial charge in [-0.25, -0.2) is 9.18 Å². The van der Waals surface area contributed by atoms with Crippen molar-refractivity contribution in [1.29, 1.82) is 0 Å². The Kier molecular flexibility index (Phi) is 8.59. The van der Waals surface area contributed by atoms with E-state index in [-0.39, 0.29) is 29.2 Å². The zero-order chi connectivity index (χ0) is 29.1. The molecule has 2 unspecified atom stereocenters. The van der Waals surface area contributed by atoms with Crippen molar-refractivity contribution in [3.8, 4) is 11.5 Å². The van der Waals surface area contributed by atoms with Crippen LogP contribution in [-0.4, -0.2) is 32.6 Å². The number of ether oxygens (including phenoxy) is 3. The Bertz CT molecular complexity index is 1550. The summed E-state index contributed by atoms with van der Waals surface area (Å²) in [6.07, 6.45) is 1.38. The average Bonchev–Trinajstić information content (AvgIpc) is 2.97. The first-order valence-corrected chi connectivity index (χ1v) is 14.2. The van der Waals surface area contributed by atoms with Crippen molar-refractivity contribution in [2.75, 3.05) is 20.8 Å². The van der Waals surface area contributed by atoms with Crippen molar-refractivity contribution in [3.05, 3.63) is 116 Å². The van der Waals surface area contributed by atoms with E-state index in [4.69, 9.17) is 14.2 Å². The molecule has 0 spiro atoms. The summed E-state index contributed by atoms with van der Waals surface area (Å²) in [6, 6.07) is 20.1. The van der Waals surface area contributed by atoms with E-state index in [9.17, 15) is 14.0 Å². The van der Waals surface area contributed by atoms with Gasteiger partial charge < -0.3 is 19.5 Å². The lowest BCUT2D eigenvalue weighted by Crippen LogP contribution is -2.36. The number of esters is 1. The summed E-state index contributed by atoms with van der Waals surface area (Å²) in [4.78, 5) is 27.5. The summed E-state index contributed by atoms with van der Waals surface area (Å²) in [5.41, 5.74) is 4.89. The molecule has 0 amide bonds. The van der Waals surface area contributed by atoms with Crippen molar-refractivity contribution in [2.24, 2.45) is 0 Å². The zero-order valence-corrected chi connectivity index (χ0v) is 24.7. The van der Waals surface area contributed by atoms with Gasteiger partial charge in [0.1, 0.15) is 5.82 Å². The maximum absolute atomic E-state index is 14.2. The molecule has 6 nitrogen and oxygen atoms in total. The number of dihydropyridines is 1. The highest BCUT2D eigenvalue weighted by Crippen LogP contribution is 2.47. The van der Waals surface area contributed by atoms with E-state index >= 15 is 0 Å². The molecule has 1 heterocycles. The maximum Gasteiger partial charge on any atom is 0.336 e. The SMILES string of the molecule is COc1ccc(C2CC(=O)C3=C(C2)NC(C)=C(C(=O)OCCc2ccccc2)C3c2ccc(F)c(Br)c2)cc1OC. The van der Waals surface area contributed by atoms with Crippen LogP contribution in [0, 0.1) is 5.82 Å². The smallest absolute Gasteiger partial charge is 0.336 e. The van der Waals surface area contributed by atoms with Gasteiger partial charge in [-0.2, -0.15) is 0 Å². The van der Waals surface area contributed by atoms with Gasteiger partial charge in [0.2, 0.25) is 0 Å². The van der Waals surface area contributed by atoms with Crippen LogP contribution in [0.3, 0.4) is 0 Å². The summed E-state index contributed by atoms with van der Waals surface area (Å²) in [7, 11) is 3.16. The lowest BCUT2D eigenvalue weighted by molar-refractivity contribution is -0.139. The van der Waals surface area contributed by atoms with Crippen LogP contribution < -0.4 is 14.8 Å². The molecule has 0 aromatic heterocycles. The molecule has 1 N–H and O–H groups in total. The second-order valence-electron chi connectivity index (χ2n) is 10.2. The summed E-state index contributed by atoms with van der Waals surface area (Å²) in [5, 5.41) is 3.36. The van der Waals surface area contributed by atoms with E-state index in [1.165, 1.54) is 6.07 Å². The number of rotatable bonds is 8. The third kappa shape index (κ3) is 5.93. The Morgan fingerprint density at radius 2 is 1.71 bits per heavy atom. The molecule has 0 saturated heterocycles. The molecule has 41 heavy (non-hydrogen) atoms. The first-order valence-electron chi connectivity index (χ1n) is 13.4. The number of halogens is 2. The van der Waals surface area contributed by atoms with Crippen LogP contribution in [0.2, 0.25) is 0 Å². The van der Waals surface area contributed by atoms with Crippen LogP contribution >= 0.6 is 15.9 Å². The van der Waals surface area contributed by atoms with Crippen molar-refractivity contribution in [3.63, 3.8) is 0 Å². The molecule has 1 aliphatic carbocycles. The van der Waals surface area contributed by atoms with Gasteiger partial charge in [-0.3, -0.25) is 4.79 Å². The van der Waals surface area contributed by atoms with Crippen molar-refractivity contribution in [2.45, 2.75) is 38.0 Å². The molecule has 2 atom stereocenters. The molecule has 3 aromatic carbocycles. The Labute approximate surface area is 247 Å². The second-order valence-corrected chi connectivity index (χ2v) is 11.0. The van der Waals surface area contributed by atoms with Gasteiger partial charge in [0.05, 0.1) is 30.9 Å². The second kappa shape index (κ2) is 12.3. The van der Waals surface area contributed by atoms with Crippen LogP contribution in [0.5, 0.6) is 11.5 Å². The van der Waals surface area contributed by atoms with E-state index in [0.29, 0.717) is 46.7 Å². The quantitative estimate of drug-likeness (QED) is 0.281. The van der Waals surface area contributed by atoms with Gasteiger partial charge in [-0.15, -0.1) is 0 Å². The highest BCUT2D eigenvalue weighted by Gasteiger charge is 2.41. The number of methoxy groups -OCH3 is 2. The zero-order valence-electron chi connectivity index (χ0n) is 23.1. The van der Waals surface area contributed by atoms with Gasteiger partial charge in [0.25, 0.3) is 0 Å². The standard InChI is InChI=1S/C33H31BrFNO5/c1-19-30(33(38)41-14-13-20-7-5-4-6-8-20)31(22-9-11-25(35)24(34)15-22)32-26(36-19)16-23(17-27(32)37)21-10-12-28(39-2)29(18-21)40-3/h4-12,15,18,23,31,36H,13-14,16-17H2,1-3H3. The summed E-state index contributed by atoms with van der Waals surface area (Å²) < 4.78 is 31.1. The summed E-state index contributed by atoms with van der Waals surface area (Å²) >= 11 is 3.28. The Morgan fingerprint density at radius 3 is 2.41 bits per heavy atom. The number of allylic oxidation sites excluding steroid dienone is 3. The topological polar surface area (TPSA) is 73.9 Å². The molecule has 0 radical (unpaired) electrons. The monoisotopic (exact) mass is 619 g/mol. The number of nitrogens with one attached hydrogen (secondary N) is 1. The Balaban J connectivity index is 1.48. The van der Waals surface area contributed by atoms with Crippen LogP contribution in [0.15, 0.2) is 93.7 Å². The van der Waals surface area contributed by atoms with Gasteiger partial charge in [-0.05, 0) is 76.1 Å². The largest absolute Gasteiger partial charge is 0.493 e. The molecule has 0 saturated carbocycles. The van der Waals surface area contributed by atoms with E-state index in [0.717, 1.165) is 16.8 Å². The third-order valence-corrected chi connectivity index (χ3v) is 8.28. The minimum Gasteiger partial charge on any atom is -0.493 e. The number of ketones is 1. The molecule has 1 aliphatic heterocycles. The van der Waals surface area contributed by atoms with Crippen LogP contribution in [-0.2, 0) is 20.7 Å². The number of benzene rings is 3. The predicted octanol–water partition coefficient (Wildman–Crippen LogP) is 6.75. The van der Waals surface area contributed by atoms with Gasteiger partial charge in [-0.1, -0.05) is 42.5 Å². The fourth-order valence-electron chi connectivity index (χ4n) is 5.66. The van der Waals surface area contributed by atoms with Crippen LogP contribution in [0.25, 0.3) is 0 Å². The minimum absolute atomic E-state index is 0.0777. The number of carbonyl (C=O) groups is 2. The normalized spacial score (nSPS) is 18.5. The van der Waals surface area contributed by atoms with Gasteiger partial charge >= 0.3 is 5.97 Å². The molecule has 0 fully saturated rings. The van der Waals surface area contributed by atoms with E-state index < -0.39 is 17.7 Å². The Morgan fingerprint density at radius 1 is 0.976 bits per heavy atom. The molecule has 0 bridgehead atoms. The van der Waals surface area contributed by atoms with Crippen molar-refractivity contribution < 1.29 is 28.2 Å². The van der Waals surface area contributed by atoms with Gasteiger partial charge in [0.15, 0.2) is 17.3 Å². The summed E-state index contributed by atoms with van der Waals surface area (Å²) in [6.45, 7) is 2.01. The minimum atomic E-state index is -0.689. The number of Topliss-reactive ketones (excluding diaryl/α,β-unsaturated/α-hetero) is 1. The van der Waals surface area contributed by atoms with E-state index in [2.05, 4.69) is 21.2 Å². The van der Waals surface area contributed by atoms with Gasteiger partial charge in [0, 0.05) is 35.7 Å². The molecule has 3 aromatic rings.